The fourth-order valence-corrected chi connectivity index (χ4v) is 3.41. The third kappa shape index (κ3) is 4.45. The number of esters is 1. The van der Waals surface area contributed by atoms with Gasteiger partial charge in [-0.1, -0.05) is 36.4 Å². The smallest absolute Gasteiger partial charge is 0.318 e. The first kappa shape index (κ1) is 18.9. The average Bonchev–Trinajstić information content (AvgIpc) is 2.70. The van der Waals surface area contributed by atoms with Crippen LogP contribution in [0.3, 0.4) is 0 Å². The van der Waals surface area contributed by atoms with Crippen LogP contribution in [0.2, 0.25) is 0 Å². The number of methoxy groups -OCH3 is 1. The topological polar surface area (TPSA) is 68.7 Å². The van der Waals surface area contributed by atoms with Gasteiger partial charge in [-0.05, 0) is 25.0 Å². The van der Waals surface area contributed by atoms with E-state index in [9.17, 15) is 9.59 Å². The van der Waals surface area contributed by atoms with Gasteiger partial charge in [0.05, 0.1) is 13.7 Å². The van der Waals surface area contributed by atoms with E-state index in [1.807, 2.05) is 42.5 Å². The minimum absolute atomic E-state index is 0.0593. The van der Waals surface area contributed by atoms with Crippen molar-refractivity contribution in [1.29, 1.82) is 0 Å². The lowest BCUT2D eigenvalue weighted by atomic mass is 9.86. The number of amides is 1. The summed E-state index contributed by atoms with van der Waals surface area (Å²) in [7, 11) is 1.57. The Hall–Kier alpha value is -2.89. The lowest BCUT2D eigenvalue weighted by Gasteiger charge is -2.36. The highest BCUT2D eigenvalue weighted by Gasteiger charge is 2.40. The summed E-state index contributed by atoms with van der Waals surface area (Å²) in [6.07, 6.45) is 0.392. The Morgan fingerprint density at radius 1 is 1.19 bits per heavy atom. The van der Waals surface area contributed by atoms with Crippen molar-refractivity contribution in [3.63, 3.8) is 0 Å². The van der Waals surface area contributed by atoms with E-state index in [2.05, 4.69) is 4.98 Å². The molecule has 0 saturated carbocycles. The normalized spacial score (nSPS) is 19.6. The van der Waals surface area contributed by atoms with Gasteiger partial charge in [0.15, 0.2) is 0 Å². The zero-order valence-corrected chi connectivity index (χ0v) is 15.6. The fraction of sp³-hybridized carbons (Fsp3) is 0.381. The Bertz CT molecular complexity index is 794. The molecule has 2 atom stereocenters. The van der Waals surface area contributed by atoms with E-state index in [0.717, 1.165) is 11.3 Å². The van der Waals surface area contributed by atoms with E-state index in [1.54, 1.807) is 25.0 Å². The van der Waals surface area contributed by atoms with Crippen LogP contribution >= 0.6 is 0 Å². The van der Waals surface area contributed by atoms with Crippen molar-refractivity contribution in [3.05, 3.63) is 59.8 Å². The van der Waals surface area contributed by atoms with Crippen molar-refractivity contribution in [1.82, 2.24) is 9.88 Å². The maximum absolute atomic E-state index is 12.9. The molecule has 3 rings (SSSR count). The maximum Gasteiger partial charge on any atom is 0.318 e. The quantitative estimate of drug-likeness (QED) is 0.579. The molecule has 2 heterocycles. The van der Waals surface area contributed by atoms with Crippen LogP contribution in [0.4, 0.5) is 0 Å². The van der Waals surface area contributed by atoms with Gasteiger partial charge in [0.1, 0.15) is 5.92 Å². The maximum atomic E-state index is 12.9. The number of piperidine rings is 1. The van der Waals surface area contributed by atoms with Crippen molar-refractivity contribution < 1.29 is 19.1 Å². The molecule has 27 heavy (non-hydrogen) atoms. The van der Waals surface area contributed by atoms with Gasteiger partial charge >= 0.3 is 5.97 Å². The van der Waals surface area contributed by atoms with Gasteiger partial charge in [0.2, 0.25) is 11.8 Å². The number of rotatable bonds is 6. The molecule has 1 fully saturated rings. The molecule has 1 aliphatic rings. The number of carbonyl (C=O) groups excluding carboxylic acids is 2. The van der Waals surface area contributed by atoms with Crippen LogP contribution in [0.5, 0.6) is 5.88 Å². The highest BCUT2D eigenvalue weighted by atomic mass is 16.5. The number of pyridine rings is 1. The molecule has 0 aliphatic carbocycles. The van der Waals surface area contributed by atoms with E-state index in [-0.39, 0.29) is 18.4 Å². The summed E-state index contributed by atoms with van der Waals surface area (Å²) in [5.74, 6) is -0.993. The number of nitrogens with zero attached hydrogens (tertiary/aromatic N) is 2. The highest BCUT2D eigenvalue weighted by Crippen LogP contribution is 2.32. The molecule has 0 N–H and O–H groups in total. The number of likely N-dealkylation sites (tertiary alicyclic amines) is 1. The van der Waals surface area contributed by atoms with E-state index < -0.39 is 11.9 Å². The second-order valence-electron chi connectivity index (χ2n) is 6.55. The van der Waals surface area contributed by atoms with Crippen molar-refractivity contribution in [2.45, 2.75) is 25.8 Å². The lowest BCUT2D eigenvalue weighted by Crippen LogP contribution is -2.47. The molecule has 142 valence electrons. The van der Waals surface area contributed by atoms with E-state index in [1.165, 1.54) is 0 Å². The monoisotopic (exact) mass is 368 g/mol. The predicted molar refractivity (Wildman–Crippen MR) is 100 cm³/mol. The molecule has 2 unspecified atom stereocenters. The number of aromatic nitrogens is 1. The van der Waals surface area contributed by atoms with Gasteiger partial charge in [0, 0.05) is 30.8 Å². The summed E-state index contributed by atoms with van der Waals surface area (Å²) in [4.78, 5) is 31.6. The summed E-state index contributed by atoms with van der Waals surface area (Å²) >= 11 is 0. The molecule has 2 aromatic rings. The number of benzene rings is 1. The van der Waals surface area contributed by atoms with Crippen molar-refractivity contribution in [2.24, 2.45) is 5.92 Å². The van der Waals surface area contributed by atoms with E-state index in [4.69, 9.17) is 9.47 Å². The van der Waals surface area contributed by atoms with Crippen LogP contribution < -0.4 is 4.74 Å². The molecule has 0 radical (unpaired) electrons. The Balaban J connectivity index is 1.87. The van der Waals surface area contributed by atoms with Crippen LogP contribution in [-0.4, -0.2) is 42.0 Å². The van der Waals surface area contributed by atoms with Crippen LogP contribution in [0.25, 0.3) is 0 Å². The molecule has 6 nitrogen and oxygen atoms in total. The molecule has 1 aromatic heterocycles. The molecule has 1 saturated heterocycles. The molecular formula is C21H24N2O4. The Labute approximate surface area is 159 Å². The van der Waals surface area contributed by atoms with Gasteiger partial charge in [-0.2, -0.15) is 0 Å². The first-order chi connectivity index (χ1) is 13.1. The number of carbonyl (C=O) groups is 2. The largest absolute Gasteiger partial charge is 0.481 e. The van der Waals surface area contributed by atoms with Crippen molar-refractivity contribution >= 4 is 11.9 Å². The number of hydrogen-bond donors (Lipinski definition) is 0. The van der Waals surface area contributed by atoms with E-state index in [0.29, 0.717) is 25.4 Å². The Kier molecular flexibility index (Phi) is 6.06. The Morgan fingerprint density at radius 2 is 1.96 bits per heavy atom. The summed E-state index contributed by atoms with van der Waals surface area (Å²) < 4.78 is 10.4. The summed E-state index contributed by atoms with van der Waals surface area (Å²) in [6.45, 7) is 2.96. The SMILES string of the molecule is CCOC(=O)C1CC(c2cccc(OC)n2)CN(Cc2ccccc2)C1=O. The van der Waals surface area contributed by atoms with E-state index >= 15 is 0 Å². The molecule has 1 aliphatic heterocycles. The molecule has 6 heteroatoms. The van der Waals surface area contributed by atoms with Gasteiger partial charge in [-0.15, -0.1) is 0 Å². The number of ether oxygens (including phenoxy) is 2. The van der Waals surface area contributed by atoms with Crippen LogP contribution in [0, 0.1) is 5.92 Å². The van der Waals surface area contributed by atoms with Gasteiger partial charge in [-0.3, -0.25) is 9.59 Å². The Morgan fingerprint density at radius 3 is 2.67 bits per heavy atom. The first-order valence-electron chi connectivity index (χ1n) is 9.12. The van der Waals surface area contributed by atoms with Gasteiger partial charge in [0.25, 0.3) is 0 Å². The fourth-order valence-electron chi connectivity index (χ4n) is 3.41. The molecular weight excluding hydrogens is 344 g/mol. The second kappa shape index (κ2) is 8.66. The van der Waals surface area contributed by atoms with Crippen LogP contribution in [0.1, 0.15) is 30.5 Å². The first-order valence-corrected chi connectivity index (χ1v) is 9.12. The van der Waals surface area contributed by atoms with Crippen LogP contribution in [0.15, 0.2) is 48.5 Å². The predicted octanol–water partition coefficient (Wildman–Crippen LogP) is 2.79. The zero-order valence-electron chi connectivity index (χ0n) is 15.6. The second-order valence-corrected chi connectivity index (χ2v) is 6.55. The summed E-state index contributed by atoms with van der Waals surface area (Å²) in [5, 5.41) is 0. The standard InChI is InChI=1S/C21H24N2O4/c1-3-27-21(25)17-12-16(18-10-7-11-19(22-18)26-2)14-23(20(17)24)13-15-8-5-4-6-9-15/h4-11,16-17H,3,12-14H2,1-2H3. The molecule has 1 aromatic carbocycles. The third-order valence-electron chi connectivity index (χ3n) is 4.73. The van der Waals surface area contributed by atoms with Gasteiger partial charge < -0.3 is 14.4 Å². The van der Waals surface area contributed by atoms with Crippen LogP contribution in [-0.2, 0) is 20.9 Å². The van der Waals surface area contributed by atoms with Crippen molar-refractivity contribution in [2.75, 3.05) is 20.3 Å². The zero-order chi connectivity index (χ0) is 19.2. The third-order valence-corrected chi connectivity index (χ3v) is 4.73. The molecule has 0 bridgehead atoms. The molecule has 0 spiro atoms. The lowest BCUT2D eigenvalue weighted by molar-refractivity contribution is -0.158. The minimum Gasteiger partial charge on any atom is -0.481 e. The average molecular weight is 368 g/mol. The molecule has 1 amide bonds. The minimum atomic E-state index is -0.805. The highest BCUT2D eigenvalue weighted by molar-refractivity contribution is 5.98. The van der Waals surface area contributed by atoms with Crippen molar-refractivity contribution in [3.8, 4) is 5.88 Å². The van der Waals surface area contributed by atoms with Gasteiger partial charge in [-0.25, -0.2) is 4.98 Å². The number of hydrogen-bond acceptors (Lipinski definition) is 5. The summed E-state index contributed by atoms with van der Waals surface area (Å²) in [6, 6.07) is 15.3. The summed E-state index contributed by atoms with van der Waals surface area (Å²) in [5.41, 5.74) is 1.84.